The first kappa shape index (κ1) is 19.3. The molecule has 4 heterocycles. The maximum Gasteiger partial charge on any atom is 0.416 e. The minimum absolute atomic E-state index is 0.149. The van der Waals surface area contributed by atoms with E-state index in [-0.39, 0.29) is 12.1 Å². The van der Waals surface area contributed by atoms with Crippen molar-refractivity contribution in [1.82, 2.24) is 9.97 Å². The van der Waals surface area contributed by atoms with Gasteiger partial charge in [-0.2, -0.15) is 13.2 Å². The molecule has 1 fully saturated rings. The Morgan fingerprint density at radius 2 is 1.84 bits per heavy atom. The number of carbonyl (C=O) groups excluding carboxylic acids is 1. The van der Waals surface area contributed by atoms with Crippen molar-refractivity contribution in [2.75, 3.05) is 16.3 Å². The van der Waals surface area contributed by atoms with Crippen LogP contribution in [0.4, 0.5) is 29.5 Å². The van der Waals surface area contributed by atoms with Gasteiger partial charge in [0.1, 0.15) is 0 Å². The first-order valence-electron chi connectivity index (χ1n) is 9.77. The fourth-order valence-corrected chi connectivity index (χ4v) is 4.49. The lowest BCUT2D eigenvalue weighted by atomic mass is 10.0. The van der Waals surface area contributed by atoms with Crippen molar-refractivity contribution in [2.24, 2.45) is 5.73 Å². The summed E-state index contributed by atoms with van der Waals surface area (Å²) in [4.78, 5) is 24.6. The second kappa shape index (κ2) is 6.97. The van der Waals surface area contributed by atoms with E-state index in [0.717, 1.165) is 23.5 Å². The molecule has 31 heavy (non-hydrogen) atoms. The predicted molar refractivity (Wildman–Crippen MR) is 109 cm³/mol. The maximum absolute atomic E-state index is 13.1. The molecular weight excluding hydrogens is 407 g/mol. The monoisotopic (exact) mass is 425 g/mol. The molecule has 0 spiro atoms. The molecule has 2 bridgehead atoms. The minimum atomic E-state index is -4.41. The van der Waals surface area contributed by atoms with Crippen LogP contribution in [0, 0.1) is 0 Å². The lowest BCUT2D eigenvalue weighted by molar-refractivity contribution is -0.137. The number of alkyl halides is 3. The van der Waals surface area contributed by atoms with Gasteiger partial charge in [0.15, 0.2) is 5.82 Å². The molecule has 6 nitrogen and oxygen atoms in total. The topological polar surface area (TPSA) is 75.4 Å². The number of aromatic nitrogens is 2. The highest BCUT2D eigenvalue weighted by Crippen LogP contribution is 2.46. The van der Waals surface area contributed by atoms with Crippen LogP contribution in [0.1, 0.15) is 23.7 Å². The minimum Gasteiger partial charge on any atom is -0.358 e. The third kappa shape index (κ3) is 3.26. The van der Waals surface area contributed by atoms with Gasteiger partial charge < -0.3 is 10.6 Å². The number of hydrogen-bond donors (Lipinski definition) is 1. The molecule has 3 aromatic rings. The van der Waals surface area contributed by atoms with Gasteiger partial charge in [-0.05, 0) is 53.9 Å². The van der Waals surface area contributed by atoms with Gasteiger partial charge in [-0.1, -0.05) is 12.1 Å². The van der Waals surface area contributed by atoms with Gasteiger partial charge in [-0.15, -0.1) is 0 Å². The number of pyridine rings is 2. The second-order valence-corrected chi connectivity index (χ2v) is 7.66. The summed E-state index contributed by atoms with van der Waals surface area (Å²) in [5.41, 5.74) is 7.55. The number of fused-ring (bicyclic) bond motifs is 4. The lowest BCUT2D eigenvalue weighted by Gasteiger charge is -2.35. The van der Waals surface area contributed by atoms with Crippen molar-refractivity contribution < 1.29 is 18.0 Å². The zero-order valence-electron chi connectivity index (χ0n) is 16.3. The number of urea groups is 1. The van der Waals surface area contributed by atoms with Gasteiger partial charge in [-0.25, -0.2) is 9.78 Å². The number of amides is 2. The summed E-state index contributed by atoms with van der Waals surface area (Å²) in [5.74, 6) is 0.516. The average molecular weight is 425 g/mol. The molecule has 1 aromatic carbocycles. The number of anilines is 2. The van der Waals surface area contributed by atoms with E-state index in [1.165, 1.54) is 11.0 Å². The Morgan fingerprint density at radius 3 is 2.61 bits per heavy atom. The van der Waals surface area contributed by atoms with E-state index in [2.05, 4.69) is 14.9 Å². The van der Waals surface area contributed by atoms with Crippen LogP contribution < -0.4 is 15.5 Å². The smallest absolute Gasteiger partial charge is 0.358 e. The van der Waals surface area contributed by atoms with Crippen molar-refractivity contribution in [3.05, 3.63) is 72.2 Å². The van der Waals surface area contributed by atoms with Crippen molar-refractivity contribution in [3.63, 3.8) is 0 Å². The quantitative estimate of drug-likeness (QED) is 0.661. The number of halogens is 3. The Hall–Kier alpha value is -3.62. The van der Waals surface area contributed by atoms with Crippen molar-refractivity contribution in [2.45, 2.75) is 24.7 Å². The molecule has 158 valence electrons. The van der Waals surface area contributed by atoms with E-state index in [1.807, 2.05) is 12.1 Å². The van der Waals surface area contributed by atoms with Crippen molar-refractivity contribution >= 4 is 17.5 Å². The number of nitrogens with two attached hydrogens (primary N) is 1. The van der Waals surface area contributed by atoms with Gasteiger partial charge >= 0.3 is 12.2 Å². The van der Waals surface area contributed by atoms with Gasteiger partial charge in [0, 0.05) is 18.9 Å². The summed E-state index contributed by atoms with van der Waals surface area (Å²) in [6.07, 6.45) is -0.597. The number of benzene rings is 1. The van der Waals surface area contributed by atoms with Crippen LogP contribution in [-0.2, 0) is 6.18 Å². The Bertz CT molecular complexity index is 1170. The van der Waals surface area contributed by atoms with Crippen LogP contribution >= 0.6 is 0 Å². The van der Waals surface area contributed by atoms with Gasteiger partial charge in [0.05, 0.1) is 29.0 Å². The highest BCUT2D eigenvalue weighted by Gasteiger charge is 2.45. The molecular formula is C22H18F3N5O. The molecule has 0 radical (unpaired) electrons. The molecule has 2 atom stereocenters. The molecule has 2 aliphatic rings. The van der Waals surface area contributed by atoms with Gasteiger partial charge in [0.2, 0.25) is 0 Å². The summed E-state index contributed by atoms with van der Waals surface area (Å²) in [6, 6.07) is 11.6. The van der Waals surface area contributed by atoms with Crippen LogP contribution in [0.15, 0.2) is 60.9 Å². The number of rotatable bonds is 2. The van der Waals surface area contributed by atoms with Crippen LogP contribution in [0.2, 0.25) is 0 Å². The van der Waals surface area contributed by atoms with E-state index >= 15 is 0 Å². The van der Waals surface area contributed by atoms with Crippen LogP contribution in [0.25, 0.3) is 11.1 Å². The second-order valence-electron chi connectivity index (χ2n) is 7.66. The predicted octanol–water partition coefficient (Wildman–Crippen LogP) is 4.38. The largest absolute Gasteiger partial charge is 0.416 e. The number of hydrogen-bond acceptors (Lipinski definition) is 4. The molecule has 2 aromatic heterocycles. The SMILES string of the molecule is NC(=O)N1c2ncccc2N2CC1CC2c1cc(-c2cccc(C(F)(F)F)c2)ccn1. The van der Waals surface area contributed by atoms with E-state index in [1.54, 1.807) is 30.6 Å². The zero-order chi connectivity index (χ0) is 21.8. The standard InChI is InChI=1S/C22H18F3N5O/c23-22(24,25)15-4-1-3-13(9-15)14-6-8-27-17(10-14)19-11-16-12-29(19)18-5-2-7-28-20(18)30(16)21(26)31/h1-10,16,19H,11-12H2,(H2,26,31). The third-order valence-corrected chi connectivity index (χ3v) is 5.83. The normalized spacial score (nSPS) is 20.0. The molecule has 0 saturated carbocycles. The molecule has 1 saturated heterocycles. The molecule has 0 aliphatic carbocycles. The molecule has 5 rings (SSSR count). The van der Waals surface area contributed by atoms with Crippen molar-refractivity contribution in [3.8, 4) is 11.1 Å². The fraction of sp³-hybridized carbons (Fsp3) is 0.227. The summed E-state index contributed by atoms with van der Waals surface area (Å²) >= 11 is 0. The van der Waals surface area contributed by atoms with Crippen LogP contribution in [0.3, 0.4) is 0 Å². The summed E-state index contributed by atoms with van der Waals surface area (Å²) < 4.78 is 39.4. The van der Waals surface area contributed by atoms with Crippen LogP contribution in [-0.4, -0.2) is 28.6 Å². The van der Waals surface area contributed by atoms with Crippen LogP contribution in [0.5, 0.6) is 0 Å². The Labute approximate surface area is 176 Å². The maximum atomic E-state index is 13.1. The van der Waals surface area contributed by atoms with E-state index in [0.29, 0.717) is 29.9 Å². The summed E-state index contributed by atoms with van der Waals surface area (Å²) in [6.45, 7) is 0.585. The number of carbonyl (C=O) groups is 1. The highest BCUT2D eigenvalue weighted by molar-refractivity contribution is 5.95. The van der Waals surface area contributed by atoms with E-state index < -0.39 is 17.8 Å². The van der Waals surface area contributed by atoms with Gasteiger partial charge in [0.25, 0.3) is 0 Å². The lowest BCUT2D eigenvalue weighted by Crippen LogP contribution is -2.48. The third-order valence-electron chi connectivity index (χ3n) is 5.83. The highest BCUT2D eigenvalue weighted by atomic mass is 19.4. The molecule has 2 amide bonds. The molecule has 2 N–H and O–H groups in total. The van der Waals surface area contributed by atoms with Gasteiger partial charge in [-0.3, -0.25) is 9.88 Å². The van der Waals surface area contributed by atoms with Crippen molar-refractivity contribution in [1.29, 1.82) is 0 Å². The summed E-state index contributed by atoms with van der Waals surface area (Å²) in [7, 11) is 0. The number of primary amides is 1. The molecule has 2 aliphatic heterocycles. The molecule has 9 heteroatoms. The molecule has 2 unspecified atom stereocenters. The Balaban J connectivity index is 1.53. The fourth-order valence-electron chi connectivity index (χ4n) is 4.49. The first-order chi connectivity index (χ1) is 14.8. The first-order valence-corrected chi connectivity index (χ1v) is 9.77. The Kier molecular flexibility index (Phi) is 4.35. The van der Waals surface area contributed by atoms with E-state index in [9.17, 15) is 18.0 Å². The average Bonchev–Trinajstić information content (AvgIpc) is 3.13. The number of nitrogens with zero attached hydrogens (tertiary/aromatic N) is 4. The summed E-state index contributed by atoms with van der Waals surface area (Å²) in [5, 5.41) is 0. The zero-order valence-corrected chi connectivity index (χ0v) is 16.3. The van der Waals surface area contributed by atoms with E-state index in [4.69, 9.17) is 5.73 Å². The Morgan fingerprint density at radius 1 is 1.03 bits per heavy atom.